The molecule has 7 atom stereocenters. The van der Waals surface area contributed by atoms with Crippen LogP contribution in [0.4, 0.5) is 5.82 Å². The number of imidazole rings is 1. The molecule has 1 aliphatic rings. The lowest BCUT2D eigenvalue weighted by Gasteiger charge is -2.30. The van der Waals surface area contributed by atoms with Gasteiger partial charge in [0.2, 0.25) is 11.8 Å². The second-order valence-electron chi connectivity index (χ2n) is 12.2. The summed E-state index contributed by atoms with van der Waals surface area (Å²) in [5, 5.41) is 26.0. The largest absolute Gasteiger partial charge is 0.481 e. The molecule has 4 rings (SSSR count). The van der Waals surface area contributed by atoms with Gasteiger partial charge in [-0.2, -0.15) is 4.31 Å². The average molecular weight is 862 g/mol. The van der Waals surface area contributed by atoms with E-state index in [1.807, 2.05) is 0 Å². The topological polar surface area (TPSA) is 377 Å². The van der Waals surface area contributed by atoms with Crippen LogP contribution in [0.5, 0.6) is 0 Å². The number of thioether (sulfide) groups is 1. The highest BCUT2D eigenvalue weighted by Crippen LogP contribution is 2.61. The molecule has 1 aliphatic heterocycles. The lowest BCUT2D eigenvalue weighted by Crippen LogP contribution is -2.46. The van der Waals surface area contributed by atoms with Crippen LogP contribution in [0.1, 0.15) is 37.1 Å². The molecular weight excluding hydrogens is 823 g/mol. The number of phosphoric acid groups is 3. The predicted molar refractivity (Wildman–Crippen MR) is 185 cm³/mol. The van der Waals surface area contributed by atoms with Crippen LogP contribution >= 0.6 is 35.2 Å². The third kappa shape index (κ3) is 12.7. The second-order valence-corrected chi connectivity index (χ2v) is 17.5. The zero-order valence-corrected chi connectivity index (χ0v) is 32.2. The first-order chi connectivity index (χ1) is 25.6. The lowest BCUT2D eigenvalue weighted by atomic mass is 9.87. The van der Waals surface area contributed by atoms with Crippen molar-refractivity contribution >= 4 is 69.1 Å². The van der Waals surface area contributed by atoms with Crippen molar-refractivity contribution in [1.29, 1.82) is 0 Å². The molecule has 0 aromatic carbocycles. The van der Waals surface area contributed by atoms with Gasteiger partial charge in [-0.1, -0.05) is 25.6 Å². The summed E-state index contributed by atoms with van der Waals surface area (Å²) < 4.78 is 67.0. The van der Waals surface area contributed by atoms with E-state index >= 15 is 0 Å². The maximum Gasteiger partial charge on any atom is 0.481 e. The Morgan fingerprint density at radius 2 is 1.78 bits per heavy atom. The summed E-state index contributed by atoms with van der Waals surface area (Å²) >= 11 is 0.934. The molecular formula is C26H38N7O18P3S. The fourth-order valence-corrected chi connectivity index (χ4v) is 8.22. The predicted octanol–water partition coefficient (Wildman–Crippen LogP) is -0.428. The SMILES string of the molecule is CC(C)(COP(=O)(O)OP(=O)(O)OCC1OC(n2cnc3c(N)ncnc32)C(O)C1OP(=O)(O)O)C(O)C(=O)NCCC(=O)NCCSC(=O)c1ccco1. The molecule has 1 fully saturated rings. The van der Waals surface area contributed by atoms with Crippen molar-refractivity contribution in [3.63, 3.8) is 0 Å². The highest BCUT2D eigenvalue weighted by molar-refractivity contribution is 8.14. The van der Waals surface area contributed by atoms with Crippen LogP contribution in [0.25, 0.3) is 11.2 Å². The number of nitrogens with two attached hydrogens (primary N) is 1. The molecule has 25 nitrogen and oxygen atoms in total. The summed E-state index contributed by atoms with van der Waals surface area (Å²) in [6.07, 6.45) is -5.61. The van der Waals surface area contributed by atoms with E-state index in [2.05, 4.69) is 34.4 Å². The van der Waals surface area contributed by atoms with Crippen molar-refractivity contribution in [3.05, 3.63) is 36.8 Å². The highest BCUT2D eigenvalue weighted by Gasteiger charge is 2.50. The molecule has 0 radical (unpaired) electrons. The van der Waals surface area contributed by atoms with E-state index in [9.17, 15) is 57.9 Å². The summed E-state index contributed by atoms with van der Waals surface area (Å²) in [6.45, 7) is 0.382. The molecule has 55 heavy (non-hydrogen) atoms. The lowest BCUT2D eigenvalue weighted by molar-refractivity contribution is -0.137. The number of furan rings is 1. The number of aliphatic hydroxyl groups excluding tert-OH is 2. The third-order valence-corrected chi connectivity index (χ3v) is 11.4. The summed E-state index contributed by atoms with van der Waals surface area (Å²) in [4.78, 5) is 87.3. The van der Waals surface area contributed by atoms with E-state index in [4.69, 9.17) is 23.9 Å². The van der Waals surface area contributed by atoms with Crippen molar-refractivity contribution in [2.45, 2.75) is 50.9 Å². The number of carbonyl (C=O) groups excluding carboxylic acids is 3. The number of aliphatic hydroxyl groups is 2. The van der Waals surface area contributed by atoms with Crippen LogP contribution in [0.2, 0.25) is 0 Å². The minimum absolute atomic E-state index is 0.0274. The Morgan fingerprint density at radius 3 is 2.45 bits per heavy atom. The fraction of sp³-hybridized carbons (Fsp3) is 0.538. The first-order valence-corrected chi connectivity index (χ1v) is 21.2. The van der Waals surface area contributed by atoms with Crippen LogP contribution in [0, 0.1) is 5.41 Å². The molecule has 29 heteroatoms. The zero-order valence-electron chi connectivity index (χ0n) is 28.7. The summed E-state index contributed by atoms with van der Waals surface area (Å²) in [6, 6.07) is 3.07. The Balaban J connectivity index is 1.24. The van der Waals surface area contributed by atoms with Crippen LogP contribution in [-0.4, -0.2) is 123 Å². The maximum atomic E-state index is 12.7. The number of anilines is 1. The number of nitrogen functional groups attached to an aromatic ring is 1. The first kappa shape index (κ1) is 44.6. The number of ether oxygens (including phenoxy) is 1. The van der Waals surface area contributed by atoms with Gasteiger partial charge in [-0.15, -0.1) is 0 Å². The molecule has 0 aliphatic carbocycles. The van der Waals surface area contributed by atoms with Gasteiger partial charge < -0.3 is 55.3 Å². The van der Waals surface area contributed by atoms with Crippen molar-refractivity contribution in [2.75, 3.05) is 37.8 Å². The van der Waals surface area contributed by atoms with Crippen molar-refractivity contribution < 1.29 is 84.9 Å². The van der Waals surface area contributed by atoms with E-state index in [0.717, 1.165) is 29.0 Å². The minimum Gasteiger partial charge on any atom is -0.460 e. The van der Waals surface area contributed by atoms with Crippen molar-refractivity contribution in [3.8, 4) is 0 Å². The molecule has 2 amide bonds. The summed E-state index contributed by atoms with van der Waals surface area (Å²) in [5.74, 6) is -1.08. The van der Waals surface area contributed by atoms with Gasteiger partial charge in [0.25, 0.3) is 5.12 Å². The number of nitrogens with zero attached hydrogens (tertiary/aromatic N) is 4. The van der Waals surface area contributed by atoms with Crippen LogP contribution in [0.3, 0.4) is 0 Å². The van der Waals surface area contributed by atoms with Gasteiger partial charge >= 0.3 is 23.5 Å². The molecule has 1 saturated heterocycles. The quantitative estimate of drug-likeness (QED) is 0.0514. The summed E-state index contributed by atoms with van der Waals surface area (Å²) in [7, 11) is -16.4. The number of amides is 2. The number of aromatic nitrogens is 4. The first-order valence-electron chi connectivity index (χ1n) is 15.7. The number of hydrogen-bond donors (Lipinski definition) is 9. The number of nitrogens with one attached hydrogen (secondary N) is 2. The van der Waals surface area contributed by atoms with Crippen LogP contribution in [0.15, 0.2) is 35.5 Å². The van der Waals surface area contributed by atoms with E-state index in [0.29, 0.717) is 0 Å². The molecule has 306 valence electrons. The molecule has 3 aromatic heterocycles. The number of fused-ring (bicyclic) bond motifs is 1. The number of rotatable bonds is 20. The average Bonchev–Trinajstić information content (AvgIpc) is 3.84. The maximum absolute atomic E-state index is 12.7. The van der Waals surface area contributed by atoms with Gasteiger partial charge in [0, 0.05) is 30.7 Å². The monoisotopic (exact) mass is 861 g/mol. The Kier molecular flexibility index (Phi) is 14.9. The van der Waals surface area contributed by atoms with Gasteiger partial charge in [0.05, 0.1) is 25.8 Å². The van der Waals surface area contributed by atoms with Gasteiger partial charge in [0.1, 0.15) is 36.3 Å². The van der Waals surface area contributed by atoms with Gasteiger partial charge in [-0.05, 0) is 12.1 Å². The molecule has 10 N–H and O–H groups in total. The normalized spacial score (nSPS) is 21.8. The van der Waals surface area contributed by atoms with Gasteiger partial charge in [-0.25, -0.2) is 28.6 Å². The minimum atomic E-state index is -5.57. The molecule has 0 spiro atoms. The molecule has 0 bridgehead atoms. The Hall–Kier alpha value is -3.16. The zero-order chi connectivity index (χ0) is 40.8. The Bertz CT molecular complexity index is 1960. The molecule has 3 aromatic rings. The number of carbonyl (C=O) groups is 3. The second kappa shape index (κ2) is 18.4. The van der Waals surface area contributed by atoms with E-state index in [1.165, 1.54) is 26.2 Å². The van der Waals surface area contributed by atoms with Crippen molar-refractivity contribution in [2.24, 2.45) is 5.41 Å². The van der Waals surface area contributed by atoms with E-state index < -0.39 is 84.6 Å². The van der Waals surface area contributed by atoms with Gasteiger partial charge in [-0.3, -0.25) is 32.5 Å². The Labute approximate surface area is 314 Å². The van der Waals surface area contributed by atoms with Crippen LogP contribution in [-0.2, 0) is 45.9 Å². The van der Waals surface area contributed by atoms with E-state index in [1.54, 1.807) is 6.07 Å². The smallest absolute Gasteiger partial charge is 0.460 e. The molecule has 4 heterocycles. The molecule has 0 saturated carbocycles. The van der Waals surface area contributed by atoms with Crippen molar-refractivity contribution in [1.82, 2.24) is 30.2 Å². The standard InChI is InChI=1S/C26H38N7O18P3S/c1-26(2,20(36)23(37)29-6-5-16(34)28-7-9-55-25(38)14-4-3-8-46-14)11-48-54(44,45)51-53(42,43)47-10-15-19(50-52(39,40)41)18(35)24(49-15)33-13-32-17-21(27)30-12-31-22(17)33/h3-4,8,12-13,15,18-20,24,35-36H,5-7,9-11H2,1-2H3,(H,28,34)(H,29,37)(H,42,43)(H,44,45)(H2,27,30,31)(H2,39,40,41). The number of phosphoric ester groups is 3. The molecule has 7 unspecified atom stereocenters. The van der Waals surface area contributed by atoms with Crippen LogP contribution < -0.4 is 16.4 Å². The summed E-state index contributed by atoms with van der Waals surface area (Å²) in [5.41, 5.74) is 4.24. The number of hydrogen-bond acceptors (Lipinski definition) is 19. The highest BCUT2D eigenvalue weighted by atomic mass is 32.2. The Morgan fingerprint density at radius 1 is 1.07 bits per heavy atom. The third-order valence-electron chi connectivity index (χ3n) is 7.46. The fourth-order valence-electron chi connectivity index (χ4n) is 4.74. The van der Waals surface area contributed by atoms with E-state index in [-0.39, 0.29) is 53.1 Å². The van der Waals surface area contributed by atoms with Gasteiger partial charge in [0.15, 0.2) is 23.5 Å².